The normalized spacial score (nSPS) is 13.9. The van der Waals surface area contributed by atoms with E-state index < -0.39 is 0 Å². The number of hydrogen-bond acceptors (Lipinski definition) is 7. The van der Waals surface area contributed by atoms with Gasteiger partial charge < -0.3 is 24.1 Å². The van der Waals surface area contributed by atoms with Crippen molar-refractivity contribution in [1.82, 2.24) is 14.5 Å². The van der Waals surface area contributed by atoms with Gasteiger partial charge in [0, 0.05) is 31.1 Å². The fourth-order valence-corrected chi connectivity index (χ4v) is 4.42. The average molecular weight is 599 g/mol. The van der Waals surface area contributed by atoms with E-state index in [1.165, 1.54) is 0 Å². The zero-order valence-corrected chi connectivity index (χ0v) is 25.9. The Hall–Kier alpha value is -3.43. The van der Waals surface area contributed by atoms with Crippen LogP contribution in [0.4, 0.5) is 11.4 Å². The minimum atomic E-state index is -0.251. The molecule has 0 atom stereocenters. The van der Waals surface area contributed by atoms with Crippen LogP contribution < -0.4 is 26.1 Å². The van der Waals surface area contributed by atoms with E-state index in [2.05, 4.69) is 28.4 Å². The second-order valence-corrected chi connectivity index (χ2v) is 10.1. The molecule has 1 N–H and O–H groups in total. The molecule has 0 radical (unpaired) electrons. The van der Waals surface area contributed by atoms with Crippen LogP contribution in [0.2, 0.25) is 0 Å². The number of allylic oxidation sites excluding steroid dienone is 6. The minimum Gasteiger partial charge on any atom is -0.480 e. The van der Waals surface area contributed by atoms with Gasteiger partial charge in [0.1, 0.15) is 5.69 Å². The predicted octanol–water partition coefficient (Wildman–Crippen LogP) is 5.42. The Balaban J connectivity index is 2.50. The smallest absolute Gasteiger partial charge is 0.237 e. The zero-order chi connectivity index (χ0) is 29.9. The third-order valence-corrected chi connectivity index (χ3v) is 6.81. The molecule has 0 spiro atoms. The van der Waals surface area contributed by atoms with Gasteiger partial charge in [-0.15, -0.1) is 0 Å². The minimum absolute atomic E-state index is 0.251. The van der Waals surface area contributed by atoms with Crippen LogP contribution >= 0.6 is 23.2 Å². The van der Waals surface area contributed by atoms with Gasteiger partial charge in [-0.25, -0.2) is 9.97 Å². The quantitative estimate of drug-likeness (QED) is 0.281. The number of pyridine rings is 1. The van der Waals surface area contributed by atoms with Crippen molar-refractivity contribution in [2.75, 3.05) is 39.9 Å². The van der Waals surface area contributed by atoms with Crippen molar-refractivity contribution in [2.24, 2.45) is 4.99 Å². The molecule has 3 rings (SSSR count). The number of benzene rings is 1. The van der Waals surface area contributed by atoms with Crippen molar-refractivity contribution in [2.45, 2.75) is 33.2 Å². The third-order valence-electron chi connectivity index (χ3n) is 6.12. The lowest BCUT2D eigenvalue weighted by Gasteiger charge is -2.21. The lowest BCUT2D eigenvalue weighted by molar-refractivity contribution is 0.118. The summed E-state index contributed by atoms with van der Waals surface area (Å²) < 4.78 is 18.4. The van der Waals surface area contributed by atoms with Crippen LogP contribution in [0, 0.1) is 0 Å². The molecule has 2 aliphatic rings. The highest BCUT2D eigenvalue weighted by Gasteiger charge is 2.18. The van der Waals surface area contributed by atoms with Crippen LogP contribution in [0.3, 0.4) is 0 Å². The summed E-state index contributed by atoms with van der Waals surface area (Å²) in [5.74, 6) is 0.454. The standard InChI is InChI=1S/C31H37Cl2N5O3/c1-8-10-13-29-21(4)35-28-16-26(37-25-12-11-14-34-31(25)41-7)27(36-22(18-39-5)19-40-6)17-30(28)38(29)23(9-2)15-24(33)20(3)32/h8,10-17,22,37H,4,9,18-19H2,1-3,5-7H3. The first-order valence-corrected chi connectivity index (χ1v) is 13.9. The van der Waals surface area contributed by atoms with Gasteiger partial charge in [-0.05, 0) is 56.7 Å². The van der Waals surface area contributed by atoms with Gasteiger partial charge in [-0.1, -0.05) is 48.9 Å². The lowest BCUT2D eigenvalue weighted by Crippen LogP contribution is -2.39. The van der Waals surface area contributed by atoms with Crippen molar-refractivity contribution in [3.8, 4) is 17.3 Å². The van der Waals surface area contributed by atoms with Crippen LogP contribution in [-0.4, -0.2) is 55.1 Å². The Morgan fingerprint density at radius 1 is 1.17 bits per heavy atom. The SMILES string of the molecule is C=c1nc2cc(Nc3cccnc3OC)c(=NC(COC)COC)cc-2n(C(=CC(Cl)=C(C)Cl)CC)c1=CC=CC. The van der Waals surface area contributed by atoms with Crippen LogP contribution in [-0.2, 0) is 9.47 Å². The van der Waals surface area contributed by atoms with Gasteiger partial charge in [0.2, 0.25) is 5.88 Å². The summed E-state index contributed by atoms with van der Waals surface area (Å²) >= 11 is 12.8. The lowest BCUT2D eigenvalue weighted by atomic mass is 10.1. The maximum Gasteiger partial charge on any atom is 0.237 e. The summed E-state index contributed by atoms with van der Waals surface area (Å²) in [6.07, 6.45) is 10.1. The third kappa shape index (κ3) is 8.07. The number of aromatic nitrogens is 3. The number of fused-ring (bicyclic) bond motifs is 1. The molecular formula is C31H37Cl2N5O3. The number of ether oxygens (including phenoxy) is 3. The molecule has 0 saturated heterocycles. The molecule has 0 unspecified atom stereocenters. The number of rotatable bonds is 12. The zero-order valence-electron chi connectivity index (χ0n) is 24.4. The number of anilines is 2. The highest BCUT2D eigenvalue weighted by molar-refractivity contribution is 6.40. The van der Waals surface area contributed by atoms with Crippen molar-refractivity contribution in [3.63, 3.8) is 0 Å². The summed E-state index contributed by atoms with van der Waals surface area (Å²) in [6.45, 7) is 10.8. The van der Waals surface area contributed by atoms with E-state index in [0.717, 1.165) is 16.7 Å². The predicted molar refractivity (Wildman–Crippen MR) is 169 cm³/mol. The molecule has 8 nitrogen and oxygen atoms in total. The van der Waals surface area contributed by atoms with Crippen LogP contribution in [0.1, 0.15) is 27.2 Å². The summed E-state index contributed by atoms with van der Waals surface area (Å²) in [5.41, 5.74) is 3.82. The van der Waals surface area contributed by atoms with Gasteiger partial charge >= 0.3 is 0 Å². The second kappa shape index (κ2) is 15.5. The Kier molecular flexibility index (Phi) is 12.2. The maximum absolute atomic E-state index is 6.53. The van der Waals surface area contributed by atoms with E-state index in [-0.39, 0.29) is 6.04 Å². The summed E-state index contributed by atoms with van der Waals surface area (Å²) in [5, 5.41) is 6.48. The molecule has 218 valence electrons. The first-order valence-electron chi connectivity index (χ1n) is 13.2. The Labute approximate surface area is 251 Å². The van der Waals surface area contributed by atoms with E-state index in [9.17, 15) is 0 Å². The molecule has 1 aromatic rings. The van der Waals surface area contributed by atoms with E-state index in [0.29, 0.717) is 63.4 Å². The van der Waals surface area contributed by atoms with Gasteiger partial charge in [-0.3, -0.25) is 4.99 Å². The van der Waals surface area contributed by atoms with E-state index in [1.54, 1.807) is 34.4 Å². The molecule has 41 heavy (non-hydrogen) atoms. The molecule has 1 aliphatic carbocycles. The van der Waals surface area contributed by atoms with Crippen molar-refractivity contribution < 1.29 is 14.2 Å². The molecule has 1 aliphatic heterocycles. The molecule has 0 amide bonds. The van der Waals surface area contributed by atoms with Crippen LogP contribution in [0.5, 0.6) is 5.88 Å². The molecule has 0 saturated carbocycles. The van der Waals surface area contributed by atoms with Gasteiger partial charge in [-0.2, -0.15) is 0 Å². The molecule has 2 heterocycles. The van der Waals surface area contributed by atoms with Crippen molar-refractivity contribution >= 4 is 52.9 Å². The summed E-state index contributed by atoms with van der Waals surface area (Å²) in [6, 6.07) is 7.41. The largest absolute Gasteiger partial charge is 0.480 e. The van der Waals surface area contributed by atoms with E-state index >= 15 is 0 Å². The van der Waals surface area contributed by atoms with E-state index in [4.69, 9.17) is 47.4 Å². The number of nitrogens with zero attached hydrogens (tertiary/aromatic N) is 4. The number of methoxy groups -OCH3 is 3. The molecule has 10 heteroatoms. The molecule has 1 aromatic heterocycles. The molecule has 0 aromatic carbocycles. The second-order valence-electron chi connectivity index (χ2n) is 9.08. The van der Waals surface area contributed by atoms with E-state index in [1.807, 2.05) is 55.5 Å². The molecule has 0 fully saturated rings. The van der Waals surface area contributed by atoms with Gasteiger partial charge in [0.05, 0.1) is 64.5 Å². The molecular weight excluding hydrogens is 561 g/mol. The van der Waals surface area contributed by atoms with Crippen LogP contribution in [0.25, 0.3) is 29.7 Å². The van der Waals surface area contributed by atoms with Crippen molar-refractivity contribution in [3.05, 3.63) is 74.8 Å². The Morgan fingerprint density at radius 2 is 1.90 bits per heavy atom. The highest BCUT2D eigenvalue weighted by atomic mass is 35.5. The number of halogens is 2. The van der Waals surface area contributed by atoms with Gasteiger partial charge in [0.15, 0.2) is 0 Å². The fourth-order valence-electron chi connectivity index (χ4n) is 4.24. The Morgan fingerprint density at radius 3 is 2.51 bits per heavy atom. The monoisotopic (exact) mass is 597 g/mol. The topological polar surface area (TPSA) is 82.8 Å². The summed E-state index contributed by atoms with van der Waals surface area (Å²) in [7, 11) is 4.86. The Bertz CT molecular complexity index is 1580. The first kappa shape index (κ1) is 32.1. The average Bonchev–Trinajstić information content (AvgIpc) is 2.95. The highest BCUT2D eigenvalue weighted by Crippen LogP contribution is 2.28. The number of hydrogen-bond donors (Lipinski definition) is 1. The first-order chi connectivity index (χ1) is 19.8. The fraction of sp³-hybridized carbons (Fsp3) is 0.323. The van der Waals surface area contributed by atoms with Crippen LogP contribution in [0.15, 0.2) is 63.7 Å². The molecule has 0 bridgehead atoms. The number of nitrogens with one attached hydrogen (secondary N) is 1. The van der Waals surface area contributed by atoms with Gasteiger partial charge in [0.25, 0.3) is 0 Å². The van der Waals surface area contributed by atoms with Crippen molar-refractivity contribution in [1.29, 1.82) is 0 Å². The summed E-state index contributed by atoms with van der Waals surface area (Å²) in [4.78, 5) is 14.2. The maximum atomic E-state index is 6.53.